The monoisotopic (exact) mass is 390 g/mol. The van der Waals surface area contributed by atoms with Gasteiger partial charge in [-0.15, -0.1) is 0 Å². The van der Waals surface area contributed by atoms with E-state index in [0.29, 0.717) is 0 Å². The van der Waals surface area contributed by atoms with Crippen LogP contribution in [0.5, 0.6) is 0 Å². The van der Waals surface area contributed by atoms with Crippen LogP contribution in [0, 0.1) is 0 Å². The van der Waals surface area contributed by atoms with Crippen molar-refractivity contribution < 1.29 is 66.6 Å². The van der Waals surface area contributed by atoms with Crippen LogP contribution >= 0.6 is 0 Å². The fourth-order valence-electron chi connectivity index (χ4n) is 0.987. The van der Waals surface area contributed by atoms with Crippen molar-refractivity contribution in [1.82, 2.24) is 0 Å². The van der Waals surface area contributed by atoms with Crippen LogP contribution in [-0.4, -0.2) is 41.9 Å². The zero-order valence-electron chi connectivity index (χ0n) is 10.5. The van der Waals surface area contributed by atoms with Crippen molar-refractivity contribution in [1.29, 1.82) is 0 Å². The largest absolute Gasteiger partial charge is 0.473 e. The number of hydrogen-bond donors (Lipinski definition) is 0. The minimum absolute atomic E-state index is 0.329. The Balaban J connectivity index is 6.20. The van der Waals surface area contributed by atoms with Crippen LogP contribution < -0.4 is 0 Å². The molecule has 0 saturated carbocycles. The van der Waals surface area contributed by atoms with Crippen LogP contribution in [0.15, 0.2) is 12.7 Å². The Hall–Kier alpha value is -1.70. The molecule has 0 unspecified atom stereocenters. The summed E-state index contributed by atoms with van der Waals surface area (Å²) in [7, 11) is 0. The molecule has 0 fully saturated rings. The third-order valence-electron chi connectivity index (χ3n) is 2.30. The average Bonchev–Trinajstić information content (AvgIpc) is 2.35. The van der Waals surface area contributed by atoms with Gasteiger partial charge in [0, 0.05) is 6.08 Å². The molecule has 0 amide bonds. The molecule has 0 saturated heterocycles. The molecule has 0 aromatic heterocycles. The molecule has 0 aromatic carbocycles. The van der Waals surface area contributed by atoms with Crippen LogP contribution in [0.25, 0.3) is 0 Å². The third-order valence-corrected chi connectivity index (χ3v) is 2.30. The Labute approximate surface area is 122 Å². The summed E-state index contributed by atoms with van der Waals surface area (Å²) in [6.07, 6.45) is -14.7. The van der Waals surface area contributed by atoms with E-state index < -0.39 is 41.9 Å². The van der Waals surface area contributed by atoms with E-state index in [4.69, 9.17) is 0 Å². The second kappa shape index (κ2) is 5.68. The molecule has 0 spiro atoms. The van der Waals surface area contributed by atoms with E-state index in [-0.39, 0.29) is 6.08 Å². The molecule has 0 aromatic rings. The third kappa shape index (κ3) is 2.99. The first-order valence-electron chi connectivity index (χ1n) is 5.02. The lowest BCUT2D eigenvalue weighted by Crippen LogP contribution is -2.70. The maximum atomic E-state index is 12.9. The SMILES string of the molecule is C=CC(=O)OC(F)(F)C(F)(F)C(F)(F)C(F)(F)C(F)(F)C(F)(F)F. The summed E-state index contributed by atoms with van der Waals surface area (Å²) in [4.78, 5) is 10.3. The Kier molecular flexibility index (Phi) is 5.28. The van der Waals surface area contributed by atoms with E-state index in [9.17, 15) is 61.9 Å². The molecule has 0 bridgehead atoms. The van der Waals surface area contributed by atoms with Crippen molar-refractivity contribution in [3.05, 3.63) is 12.7 Å². The number of rotatable bonds is 6. The van der Waals surface area contributed by atoms with Gasteiger partial charge in [-0.1, -0.05) is 6.58 Å². The van der Waals surface area contributed by atoms with Crippen LogP contribution in [0.2, 0.25) is 0 Å². The first-order chi connectivity index (χ1) is 10.2. The summed E-state index contributed by atoms with van der Waals surface area (Å²) in [6, 6.07) is 0. The maximum Gasteiger partial charge on any atom is 0.473 e. The minimum Gasteiger partial charge on any atom is -0.393 e. The zero-order valence-corrected chi connectivity index (χ0v) is 10.5. The lowest BCUT2D eigenvalue weighted by atomic mass is 9.97. The lowest BCUT2D eigenvalue weighted by Gasteiger charge is -2.38. The first-order valence-corrected chi connectivity index (χ1v) is 5.02. The van der Waals surface area contributed by atoms with E-state index in [1.165, 1.54) is 0 Å². The molecular formula is C9H3F13O2. The number of ether oxygens (including phenoxy) is 1. The predicted molar refractivity (Wildman–Crippen MR) is 47.1 cm³/mol. The van der Waals surface area contributed by atoms with Crippen LogP contribution in [0.1, 0.15) is 0 Å². The van der Waals surface area contributed by atoms with Gasteiger partial charge in [-0.3, -0.25) is 0 Å². The van der Waals surface area contributed by atoms with Gasteiger partial charge in [0.1, 0.15) is 0 Å². The number of halogens is 13. The van der Waals surface area contributed by atoms with Crippen molar-refractivity contribution >= 4 is 5.97 Å². The van der Waals surface area contributed by atoms with Gasteiger partial charge in [-0.05, 0) is 0 Å². The summed E-state index contributed by atoms with van der Waals surface area (Å²) in [5, 5.41) is 0. The summed E-state index contributed by atoms with van der Waals surface area (Å²) in [5.41, 5.74) is 0. The summed E-state index contributed by atoms with van der Waals surface area (Å²) in [5.74, 6) is -34.1. The van der Waals surface area contributed by atoms with E-state index >= 15 is 0 Å². The summed E-state index contributed by atoms with van der Waals surface area (Å²) in [6.45, 7) is 2.35. The van der Waals surface area contributed by atoms with E-state index in [2.05, 4.69) is 11.3 Å². The molecule has 0 aliphatic rings. The van der Waals surface area contributed by atoms with Gasteiger partial charge in [-0.25, -0.2) is 4.79 Å². The van der Waals surface area contributed by atoms with E-state index in [0.717, 1.165) is 0 Å². The highest BCUT2D eigenvalue weighted by Crippen LogP contribution is 2.60. The number of esters is 1. The number of carbonyl (C=O) groups excluding carboxylic acids is 1. The molecule has 2 nitrogen and oxygen atoms in total. The molecule has 0 aliphatic heterocycles. The van der Waals surface area contributed by atoms with Crippen LogP contribution in [0.4, 0.5) is 57.1 Å². The summed E-state index contributed by atoms with van der Waals surface area (Å²) >= 11 is 0. The first kappa shape index (κ1) is 22.3. The average molecular weight is 390 g/mol. The smallest absolute Gasteiger partial charge is 0.393 e. The second-order valence-corrected chi connectivity index (χ2v) is 3.94. The van der Waals surface area contributed by atoms with E-state index in [1.807, 2.05) is 0 Å². The highest BCUT2D eigenvalue weighted by molar-refractivity contribution is 5.81. The Bertz CT molecular complexity index is 504. The molecule has 15 heteroatoms. The summed E-state index contributed by atoms with van der Waals surface area (Å²) < 4.78 is 165. The molecular weight excluding hydrogens is 387 g/mol. The highest BCUT2D eigenvalue weighted by atomic mass is 19.4. The van der Waals surface area contributed by atoms with Gasteiger partial charge in [0.2, 0.25) is 0 Å². The normalized spacial score (nSPS) is 15.2. The number of carbonyl (C=O) groups is 1. The molecule has 0 radical (unpaired) electrons. The zero-order chi connectivity index (χ0) is 20.0. The maximum absolute atomic E-state index is 12.9. The quantitative estimate of drug-likeness (QED) is 0.382. The van der Waals surface area contributed by atoms with Gasteiger partial charge < -0.3 is 4.74 Å². The van der Waals surface area contributed by atoms with Crippen molar-refractivity contribution in [2.24, 2.45) is 0 Å². The van der Waals surface area contributed by atoms with Gasteiger partial charge in [0.15, 0.2) is 0 Å². The van der Waals surface area contributed by atoms with Gasteiger partial charge in [-0.2, -0.15) is 57.1 Å². The van der Waals surface area contributed by atoms with Crippen molar-refractivity contribution in [2.75, 3.05) is 0 Å². The highest BCUT2D eigenvalue weighted by Gasteiger charge is 2.91. The fourth-order valence-corrected chi connectivity index (χ4v) is 0.987. The topological polar surface area (TPSA) is 26.3 Å². The Morgan fingerprint density at radius 2 is 1.00 bits per heavy atom. The molecule has 0 atom stereocenters. The Morgan fingerprint density at radius 1 is 0.667 bits per heavy atom. The lowest BCUT2D eigenvalue weighted by molar-refractivity contribution is -0.460. The molecule has 142 valence electrons. The van der Waals surface area contributed by atoms with Gasteiger partial charge in [0.25, 0.3) is 0 Å². The van der Waals surface area contributed by atoms with Gasteiger partial charge in [0.05, 0.1) is 0 Å². The fraction of sp³-hybridized carbons (Fsp3) is 0.667. The van der Waals surface area contributed by atoms with Crippen molar-refractivity contribution in [3.8, 4) is 0 Å². The van der Waals surface area contributed by atoms with Crippen molar-refractivity contribution in [3.63, 3.8) is 0 Å². The standard InChI is InChI=1S/C9H3F13O2/c1-2-3(23)24-9(21,22)7(16,17)5(12,13)4(10,11)6(14,15)8(18,19)20/h2H,1H2. The second-order valence-electron chi connectivity index (χ2n) is 3.94. The Morgan fingerprint density at radius 3 is 1.29 bits per heavy atom. The number of hydrogen-bond acceptors (Lipinski definition) is 2. The molecule has 0 N–H and O–H groups in total. The van der Waals surface area contributed by atoms with Crippen molar-refractivity contribution in [2.45, 2.75) is 36.0 Å². The van der Waals surface area contributed by atoms with Crippen LogP contribution in [-0.2, 0) is 9.53 Å². The number of alkyl halides is 13. The van der Waals surface area contributed by atoms with Crippen LogP contribution in [0.3, 0.4) is 0 Å². The predicted octanol–water partition coefficient (Wildman–Crippen LogP) is 4.41. The van der Waals surface area contributed by atoms with Gasteiger partial charge >= 0.3 is 41.9 Å². The molecule has 24 heavy (non-hydrogen) atoms. The molecule has 0 heterocycles. The van der Waals surface area contributed by atoms with E-state index in [1.54, 1.807) is 0 Å². The molecule has 0 aliphatic carbocycles. The molecule has 0 rings (SSSR count). The minimum atomic E-state index is -8.04.